The van der Waals surface area contributed by atoms with Crippen molar-refractivity contribution in [3.63, 3.8) is 0 Å². The fraction of sp³-hybridized carbons (Fsp3) is 0.308. The number of ether oxygens (including phenoxy) is 2. The van der Waals surface area contributed by atoms with Crippen LogP contribution in [0.25, 0.3) is 22.6 Å². The monoisotopic (exact) mass is 492 g/mol. The molecule has 35 heavy (non-hydrogen) atoms. The van der Waals surface area contributed by atoms with Gasteiger partial charge in [-0.3, -0.25) is 4.79 Å². The van der Waals surface area contributed by atoms with Gasteiger partial charge in [-0.05, 0) is 50.5 Å². The summed E-state index contributed by atoms with van der Waals surface area (Å²) in [5.41, 5.74) is 4.00. The van der Waals surface area contributed by atoms with Gasteiger partial charge in [0.25, 0.3) is 0 Å². The van der Waals surface area contributed by atoms with Gasteiger partial charge in [0, 0.05) is 5.56 Å². The fourth-order valence-electron chi connectivity index (χ4n) is 3.87. The number of nitrogens with zero attached hydrogens (tertiary/aromatic N) is 4. The molecule has 0 bridgehead atoms. The Bertz CT molecular complexity index is 1410. The molecular weight excluding hydrogens is 468 g/mol. The molecule has 2 heterocycles. The van der Waals surface area contributed by atoms with Crippen molar-refractivity contribution in [1.29, 1.82) is 0 Å². The largest absolute Gasteiger partial charge is 0.493 e. The normalized spacial score (nSPS) is 14.1. The zero-order valence-corrected chi connectivity index (χ0v) is 20.2. The summed E-state index contributed by atoms with van der Waals surface area (Å²) in [7, 11) is 0. The van der Waals surface area contributed by atoms with Gasteiger partial charge in [-0.2, -0.15) is 4.98 Å². The Morgan fingerprint density at radius 2 is 2.03 bits per heavy atom. The van der Waals surface area contributed by atoms with Crippen molar-refractivity contribution in [2.24, 2.45) is 0 Å². The SMILES string of the molecule is Cc1cccc(Cn2c(-c3ccc(OCCC(=O)O)cc3Cl)nc3c(OC4(C)CC4)ncnc32)c1. The van der Waals surface area contributed by atoms with Crippen LogP contribution in [-0.2, 0) is 11.3 Å². The summed E-state index contributed by atoms with van der Waals surface area (Å²) in [4.78, 5) is 24.6. The summed E-state index contributed by atoms with van der Waals surface area (Å²) in [6, 6.07) is 13.5. The van der Waals surface area contributed by atoms with Gasteiger partial charge >= 0.3 is 5.97 Å². The second kappa shape index (κ2) is 9.19. The third-order valence-electron chi connectivity index (χ3n) is 5.98. The lowest BCUT2D eigenvalue weighted by Crippen LogP contribution is -2.13. The maximum atomic E-state index is 10.8. The molecule has 0 spiro atoms. The molecule has 2 aromatic carbocycles. The molecule has 4 aromatic rings. The van der Waals surface area contributed by atoms with Gasteiger partial charge in [-0.15, -0.1) is 0 Å². The first kappa shape index (κ1) is 23.1. The average Bonchev–Trinajstić information content (AvgIpc) is 3.42. The van der Waals surface area contributed by atoms with E-state index in [4.69, 9.17) is 31.2 Å². The Balaban J connectivity index is 1.58. The zero-order chi connectivity index (χ0) is 24.6. The van der Waals surface area contributed by atoms with Crippen LogP contribution in [0.2, 0.25) is 5.02 Å². The number of aliphatic carboxylic acids is 1. The summed E-state index contributed by atoms with van der Waals surface area (Å²) < 4.78 is 13.7. The average molecular weight is 493 g/mol. The van der Waals surface area contributed by atoms with E-state index in [9.17, 15) is 4.79 Å². The van der Waals surface area contributed by atoms with Gasteiger partial charge in [0.05, 0.1) is 24.6 Å². The van der Waals surface area contributed by atoms with Crippen molar-refractivity contribution in [2.75, 3.05) is 6.61 Å². The van der Waals surface area contributed by atoms with Gasteiger partial charge in [-0.1, -0.05) is 41.4 Å². The van der Waals surface area contributed by atoms with E-state index >= 15 is 0 Å². The molecule has 8 nitrogen and oxygen atoms in total. The molecule has 1 N–H and O–H groups in total. The molecule has 0 atom stereocenters. The summed E-state index contributed by atoms with van der Waals surface area (Å²) in [5, 5.41) is 9.27. The highest BCUT2D eigenvalue weighted by molar-refractivity contribution is 6.33. The molecule has 1 aliphatic rings. The van der Waals surface area contributed by atoms with E-state index in [2.05, 4.69) is 42.0 Å². The summed E-state index contributed by atoms with van der Waals surface area (Å²) in [5.74, 6) is 0.669. The van der Waals surface area contributed by atoms with Crippen molar-refractivity contribution in [2.45, 2.75) is 45.3 Å². The van der Waals surface area contributed by atoms with Crippen LogP contribution in [0.15, 0.2) is 48.8 Å². The van der Waals surface area contributed by atoms with Gasteiger partial charge in [-0.25, -0.2) is 9.97 Å². The third-order valence-corrected chi connectivity index (χ3v) is 6.30. The number of imidazole rings is 1. The molecule has 180 valence electrons. The zero-order valence-electron chi connectivity index (χ0n) is 19.5. The van der Waals surface area contributed by atoms with Crippen LogP contribution in [-0.4, -0.2) is 42.8 Å². The molecule has 2 aromatic heterocycles. The topological polar surface area (TPSA) is 99.4 Å². The van der Waals surface area contributed by atoms with Crippen molar-refractivity contribution < 1.29 is 19.4 Å². The molecule has 0 aliphatic heterocycles. The molecule has 1 aliphatic carbocycles. The van der Waals surface area contributed by atoms with Crippen LogP contribution >= 0.6 is 11.6 Å². The number of rotatable bonds is 9. The number of hydrogen-bond donors (Lipinski definition) is 1. The van der Waals surface area contributed by atoms with Crippen molar-refractivity contribution in [3.05, 3.63) is 64.9 Å². The number of benzene rings is 2. The molecule has 0 saturated heterocycles. The predicted molar refractivity (Wildman–Crippen MR) is 132 cm³/mol. The predicted octanol–water partition coefficient (Wildman–Crippen LogP) is 5.29. The first-order chi connectivity index (χ1) is 16.8. The Morgan fingerprint density at radius 1 is 1.20 bits per heavy atom. The quantitative estimate of drug-likeness (QED) is 0.339. The van der Waals surface area contributed by atoms with Crippen LogP contribution in [0.1, 0.15) is 37.3 Å². The molecule has 9 heteroatoms. The highest BCUT2D eigenvalue weighted by atomic mass is 35.5. The summed E-state index contributed by atoms with van der Waals surface area (Å²) in [6.07, 6.45) is 3.36. The molecule has 0 radical (unpaired) electrons. The lowest BCUT2D eigenvalue weighted by molar-refractivity contribution is -0.137. The number of carboxylic acid groups (broad SMARTS) is 1. The maximum absolute atomic E-state index is 10.8. The van der Waals surface area contributed by atoms with Crippen LogP contribution < -0.4 is 9.47 Å². The standard InChI is InChI=1S/C26H25ClN4O4/c1-16-4-3-5-17(12-16)14-31-23(19-7-6-18(13-20(19)27)34-11-8-21(32)33)30-22-24(31)28-15-29-25(22)35-26(2)9-10-26/h3-7,12-13,15H,8-11,14H2,1-2H3,(H,32,33). The summed E-state index contributed by atoms with van der Waals surface area (Å²) in [6.45, 7) is 4.72. The molecule has 1 fully saturated rings. The van der Waals surface area contributed by atoms with E-state index in [0.717, 1.165) is 24.0 Å². The van der Waals surface area contributed by atoms with Crippen LogP contribution in [0.4, 0.5) is 0 Å². The van der Waals surface area contributed by atoms with E-state index in [-0.39, 0.29) is 18.6 Å². The Kier molecular flexibility index (Phi) is 6.06. The van der Waals surface area contributed by atoms with E-state index in [1.165, 1.54) is 6.33 Å². The number of carbonyl (C=O) groups is 1. The lowest BCUT2D eigenvalue weighted by atomic mass is 10.1. The number of aryl methyl sites for hydroxylation is 1. The lowest BCUT2D eigenvalue weighted by Gasteiger charge is -2.12. The number of halogens is 1. The number of aromatic nitrogens is 4. The minimum atomic E-state index is -0.920. The van der Waals surface area contributed by atoms with Crippen molar-refractivity contribution >= 4 is 28.7 Å². The first-order valence-electron chi connectivity index (χ1n) is 11.4. The number of fused-ring (bicyclic) bond motifs is 1. The maximum Gasteiger partial charge on any atom is 0.306 e. The van der Waals surface area contributed by atoms with Crippen molar-refractivity contribution in [1.82, 2.24) is 19.5 Å². The highest BCUT2D eigenvalue weighted by Gasteiger charge is 2.41. The Morgan fingerprint density at radius 3 is 2.74 bits per heavy atom. The smallest absolute Gasteiger partial charge is 0.306 e. The second-order valence-corrected chi connectivity index (χ2v) is 9.45. The minimum Gasteiger partial charge on any atom is -0.493 e. The Labute approximate surface area is 207 Å². The second-order valence-electron chi connectivity index (χ2n) is 9.05. The molecule has 0 amide bonds. The number of hydrogen-bond acceptors (Lipinski definition) is 6. The molecule has 5 rings (SSSR count). The van der Waals surface area contributed by atoms with Gasteiger partial charge in [0.1, 0.15) is 23.5 Å². The molecule has 0 unspecified atom stereocenters. The van der Waals surface area contributed by atoms with E-state index in [0.29, 0.717) is 45.7 Å². The van der Waals surface area contributed by atoms with Crippen molar-refractivity contribution in [3.8, 4) is 23.0 Å². The fourth-order valence-corrected chi connectivity index (χ4v) is 4.13. The van der Waals surface area contributed by atoms with E-state index in [1.807, 2.05) is 16.7 Å². The van der Waals surface area contributed by atoms with E-state index < -0.39 is 5.97 Å². The molecule has 1 saturated carbocycles. The summed E-state index contributed by atoms with van der Waals surface area (Å²) >= 11 is 6.67. The molecular formula is C26H25ClN4O4. The first-order valence-corrected chi connectivity index (χ1v) is 11.8. The van der Waals surface area contributed by atoms with Gasteiger partial charge in [0.15, 0.2) is 11.2 Å². The minimum absolute atomic E-state index is 0.0614. The van der Waals surface area contributed by atoms with Gasteiger partial charge < -0.3 is 19.1 Å². The van der Waals surface area contributed by atoms with Crippen LogP contribution in [0.3, 0.4) is 0 Å². The Hall–Kier alpha value is -3.65. The highest BCUT2D eigenvalue weighted by Crippen LogP contribution is 2.41. The van der Waals surface area contributed by atoms with Crippen LogP contribution in [0.5, 0.6) is 11.6 Å². The number of carboxylic acids is 1. The van der Waals surface area contributed by atoms with E-state index in [1.54, 1.807) is 12.1 Å². The van der Waals surface area contributed by atoms with Crippen LogP contribution in [0, 0.1) is 6.92 Å². The third kappa shape index (κ3) is 5.07. The van der Waals surface area contributed by atoms with Gasteiger partial charge in [0.2, 0.25) is 5.88 Å².